The highest BCUT2D eigenvalue weighted by Crippen LogP contribution is 2.22. The normalized spacial score (nSPS) is 16.5. The lowest BCUT2D eigenvalue weighted by molar-refractivity contribution is -0.124. The number of halogens is 2. The van der Waals surface area contributed by atoms with Crippen molar-refractivity contribution < 1.29 is 9.59 Å². The molecule has 0 aromatic heterocycles. The molecule has 2 amide bonds. The highest BCUT2D eigenvalue weighted by Gasteiger charge is 2.16. The van der Waals surface area contributed by atoms with E-state index in [1.54, 1.807) is 12.1 Å². The number of hydrogen-bond acceptors (Lipinski definition) is 3. The summed E-state index contributed by atoms with van der Waals surface area (Å²) in [5.74, 6) is 0.213. The molecule has 1 unspecified atom stereocenters. The van der Waals surface area contributed by atoms with Gasteiger partial charge in [-0.3, -0.25) is 9.59 Å². The zero-order valence-electron chi connectivity index (χ0n) is 13.2. The van der Waals surface area contributed by atoms with Crippen molar-refractivity contribution in [2.45, 2.75) is 26.2 Å². The third-order valence-corrected chi connectivity index (χ3v) is 4.10. The Kier molecular flexibility index (Phi) is 8.37. The van der Waals surface area contributed by atoms with Gasteiger partial charge in [-0.25, -0.2) is 0 Å². The number of carbonyl (C=O) groups excluding carboxylic acids is 2. The lowest BCUT2D eigenvalue weighted by Crippen LogP contribution is -2.33. The first-order valence-corrected chi connectivity index (χ1v) is 7.96. The van der Waals surface area contributed by atoms with Crippen LogP contribution in [0.4, 0.5) is 5.69 Å². The fraction of sp³-hybridized carbons (Fsp3) is 0.500. The molecular formula is C16H23Cl2N3O2. The first-order chi connectivity index (χ1) is 10.5. The van der Waals surface area contributed by atoms with Crippen LogP contribution < -0.4 is 16.0 Å². The number of carbonyl (C=O) groups is 2. The van der Waals surface area contributed by atoms with Crippen molar-refractivity contribution in [2.24, 2.45) is 5.92 Å². The van der Waals surface area contributed by atoms with Crippen molar-refractivity contribution in [3.05, 3.63) is 28.8 Å². The van der Waals surface area contributed by atoms with E-state index < -0.39 is 0 Å². The molecule has 2 rings (SSSR count). The van der Waals surface area contributed by atoms with Crippen molar-refractivity contribution in [1.29, 1.82) is 0 Å². The van der Waals surface area contributed by atoms with Crippen molar-refractivity contribution in [3.63, 3.8) is 0 Å². The molecule has 5 nitrogen and oxygen atoms in total. The molecule has 128 valence electrons. The van der Waals surface area contributed by atoms with E-state index in [4.69, 9.17) is 11.6 Å². The van der Waals surface area contributed by atoms with Crippen molar-refractivity contribution in [3.8, 4) is 0 Å². The van der Waals surface area contributed by atoms with Crippen LogP contribution in [0.5, 0.6) is 0 Å². The second kappa shape index (κ2) is 9.75. The van der Waals surface area contributed by atoms with Gasteiger partial charge in [-0.2, -0.15) is 0 Å². The van der Waals surface area contributed by atoms with Crippen LogP contribution in [0.1, 0.15) is 24.8 Å². The van der Waals surface area contributed by atoms with E-state index in [1.807, 2.05) is 13.0 Å². The monoisotopic (exact) mass is 359 g/mol. The van der Waals surface area contributed by atoms with E-state index in [0.29, 0.717) is 23.0 Å². The number of nitrogens with one attached hydrogen (secondary N) is 3. The van der Waals surface area contributed by atoms with Crippen LogP contribution in [-0.4, -0.2) is 31.4 Å². The summed E-state index contributed by atoms with van der Waals surface area (Å²) in [5, 5.41) is 9.11. The Morgan fingerprint density at radius 2 is 2.13 bits per heavy atom. The van der Waals surface area contributed by atoms with Gasteiger partial charge in [0.25, 0.3) is 0 Å². The van der Waals surface area contributed by atoms with Crippen LogP contribution in [0.3, 0.4) is 0 Å². The quantitative estimate of drug-likeness (QED) is 0.730. The molecule has 1 saturated heterocycles. The van der Waals surface area contributed by atoms with Crippen LogP contribution in [0.25, 0.3) is 0 Å². The maximum Gasteiger partial charge on any atom is 0.243 e. The van der Waals surface area contributed by atoms with E-state index in [1.165, 1.54) is 0 Å². The Hall–Kier alpha value is -1.30. The van der Waals surface area contributed by atoms with Gasteiger partial charge in [0.1, 0.15) is 0 Å². The average molecular weight is 360 g/mol. The third kappa shape index (κ3) is 6.77. The number of amides is 2. The zero-order valence-corrected chi connectivity index (χ0v) is 14.7. The van der Waals surface area contributed by atoms with E-state index in [2.05, 4.69) is 16.0 Å². The maximum atomic E-state index is 11.8. The minimum Gasteiger partial charge on any atom is -0.347 e. The van der Waals surface area contributed by atoms with Crippen LogP contribution in [0, 0.1) is 12.8 Å². The van der Waals surface area contributed by atoms with Gasteiger partial charge in [0.2, 0.25) is 11.8 Å². The standard InChI is InChI=1S/C16H22ClN3O2.ClH/c1-11-2-4-14(13(17)8-11)20-16(22)10-19-15(21)5-3-12-6-7-18-9-12;/h2,4,8,12,18H,3,5-7,9-10H2,1H3,(H,19,21)(H,20,22);1H. The largest absolute Gasteiger partial charge is 0.347 e. The summed E-state index contributed by atoms with van der Waals surface area (Å²) in [4.78, 5) is 23.6. The lowest BCUT2D eigenvalue weighted by atomic mass is 10.0. The van der Waals surface area contributed by atoms with Gasteiger partial charge in [-0.05, 0) is 56.5 Å². The smallest absolute Gasteiger partial charge is 0.243 e. The molecule has 1 aliphatic heterocycles. The molecule has 3 N–H and O–H groups in total. The average Bonchev–Trinajstić information content (AvgIpc) is 2.99. The molecule has 1 heterocycles. The summed E-state index contributed by atoms with van der Waals surface area (Å²) in [6.45, 7) is 3.91. The first-order valence-electron chi connectivity index (χ1n) is 7.58. The zero-order chi connectivity index (χ0) is 15.9. The topological polar surface area (TPSA) is 70.2 Å². The van der Waals surface area contributed by atoms with Gasteiger partial charge in [0.15, 0.2) is 0 Å². The second-order valence-corrected chi connectivity index (χ2v) is 6.11. The predicted molar refractivity (Wildman–Crippen MR) is 95.3 cm³/mol. The molecule has 1 aromatic rings. The van der Waals surface area contributed by atoms with Gasteiger partial charge in [0.05, 0.1) is 17.3 Å². The highest BCUT2D eigenvalue weighted by molar-refractivity contribution is 6.33. The summed E-state index contributed by atoms with van der Waals surface area (Å²) in [7, 11) is 0. The summed E-state index contributed by atoms with van der Waals surface area (Å²) in [6.07, 6.45) is 2.45. The molecule has 7 heteroatoms. The van der Waals surface area contributed by atoms with Crippen LogP contribution >= 0.6 is 24.0 Å². The molecule has 1 aliphatic rings. The number of anilines is 1. The SMILES string of the molecule is Cc1ccc(NC(=O)CNC(=O)CCC2CCNC2)c(Cl)c1.Cl. The number of benzene rings is 1. The van der Waals surface area contributed by atoms with Gasteiger partial charge >= 0.3 is 0 Å². The van der Waals surface area contributed by atoms with Crippen LogP contribution in [0.15, 0.2) is 18.2 Å². The summed E-state index contributed by atoms with van der Waals surface area (Å²) < 4.78 is 0. The first kappa shape index (κ1) is 19.7. The highest BCUT2D eigenvalue weighted by atomic mass is 35.5. The molecule has 0 radical (unpaired) electrons. The Morgan fingerprint density at radius 3 is 2.78 bits per heavy atom. The fourth-order valence-corrected chi connectivity index (χ4v) is 2.76. The van der Waals surface area contributed by atoms with E-state index in [9.17, 15) is 9.59 Å². The Balaban J connectivity index is 0.00000264. The van der Waals surface area contributed by atoms with Crippen LogP contribution in [0.2, 0.25) is 5.02 Å². The van der Waals surface area contributed by atoms with Gasteiger partial charge in [-0.15, -0.1) is 12.4 Å². The maximum absolute atomic E-state index is 11.8. The summed E-state index contributed by atoms with van der Waals surface area (Å²) in [5.41, 5.74) is 1.58. The Bertz CT molecular complexity index is 546. The molecule has 1 fully saturated rings. The summed E-state index contributed by atoms with van der Waals surface area (Å²) >= 11 is 6.05. The van der Waals surface area contributed by atoms with Crippen LogP contribution in [-0.2, 0) is 9.59 Å². The van der Waals surface area contributed by atoms with Crippen molar-refractivity contribution in [1.82, 2.24) is 10.6 Å². The van der Waals surface area contributed by atoms with Gasteiger partial charge in [0, 0.05) is 6.42 Å². The molecule has 0 bridgehead atoms. The molecule has 0 aliphatic carbocycles. The van der Waals surface area contributed by atoms with Crippen molar-refractivity contribution in [2.75, 3.05) is 25.0 Å². The third-order valence-electron chi connectivity index (χ3n) is 3.79. The minimum absolute atomic E-state index is 0. The number of rotatable bonds is 6. The number of aryl methyl sites for hydroxylation is 1. The van der Waals surface area contributed by atoms with Gasteiger partial charge in [-0.1, -0.05) is 17.7 Å². The van der Waals surface area contributed by atoms with Crippen molar-refractivity contribution >= 4 is 41.5 Å². The summed E-state index contributed by atoms with van der Waals surface area (Å²) in [6, 6.07) is 5.41. The Morgan fingerprint density at radius 1 is 1.35 bits per heavy atom. The second-order valence-electron chi connectivity index (χ2n) is 5.71. The van der Waals surface area contributed by atoms with E-state index >= 15 is 0 Å². The molecule has 1 aromatic carbocycles. The van der Waals surface area contributed by atoms with E-state index in [-0.39, 0.29) is 30.8 Å². The predicted octanol–water partition coefficient (Wildman–Crippen LogP) is 2.51. The fourth-order valence-electron chi connectivity index (χ4n) is 2.48. The van der Waals surface area contributed by atoms with Gasteiger partial charge < -0.3 is 16.0 Å². The molecular weight excluding hydrogens is 337 g/mol. The molecule has 1 atom stereocenters. The van der Waals surface area contributed by atoms with E-state index in [0.717, 1.165) is 31.5 Å². The number of hydrogen-bond donors (Lipinski definition) is 3. The Labute approximate surface area is 148 Å². The molecule has 0 spiro atoms. The molecule has 23 heavy (non-hydrogen) atoms. The minimum atomic E-state index is -0.276. The molecule has 0 saturated carbocycles. The lowest BCUT2D eigenvalue weighted by Gasteiger charge is -2.10.